The Kier molecular flexibility index (Phi) is 8.27. The van der Waals surface area contributed by atoms with E-state index in [0.29, 0.717) is 47.0 Å². The fourth-order valence-electron chi connectivity index (χ4n) is 12.4. The van der Waals surface area contributed by atoms with Gasteiger partial charge in [-0.25, -0.2) is 9.59 Å². The number of fused-ring (bicyclic) bond motifs is 10. The fourth-order valence-corrected chi connectivity index (χ4v) is 12.4. The second kappa shape index (κ2) is 12.3. The van der Waals surface area contributed by atoms with Crippen molar-refractivity contribution in [2.45, 2.75) is 128 Å². The zero-order chi connectivity index (χ0) is 34.2. The summed E-state index contributed by atoms with van der Waals surface area (Å²) >= 11 is 0. The number of hydrogen-bond acceptors (Lipinski definition) is 7. The Morgan fingerprint density at radius 1 is 0.653 bits per heavy atom. The molecule has 49 heavy (non-hydrogen) atoms. The van der Waals surface area contributed by atoms with Crippen LogP contribution in [0, 0.1) is 34.5 Å². The van der Waals surface area contributed by atoms with E-state index in [0.717, 1.165) is 99.3 Å². The summed E-state index contributed by atoms with van der Waals surface area (Å²) in [6.45, 7) is 5.08. The largest absolute Gasteiger partial charge is 0.511 e. The highest BCUT2D eigenvalue weighted by molar-refractivity contribution is 5.63. The van der Waals surface area contributed by atoms with Gasteiger partial charge in [-0.1, -0.05) is 13.8 Å². The first-order valence-electron chi connectivity index (χ1n) is 18.5. The van der Waals surface area contributed by atoms with Crippen LogP contribution in [0.5, 0.6) is 11.5 Å². The molecule has 2 aromatic carbocycles. The van der Waals surface area contributed by atoms with Crippen molar-refractivity contribution in [3.63, 3.8) is 0 Å². The van der Waals surface area contributed by atoms with E-state index < -0.39 is 12.3 Å². The highest BCUT2D eigenvalue weighted by atomic mass is 16.7. The molecule has 0 amide bonds. The zero-order valence-corrected chi connectivity index (χ0v) is 28.7. The van der Waals surface area contributed by atoms with Gasteiger partial charge >= 0.3 is 12.3 Å². The van der Waals surface area contributed by atoms with Crippen LogP contribution in [0.2, 0.25) is 0 Å². The van der Waals surface area contributed by atoms with Gasteiger partial charge in [0.25, 0.3) is 0 Å². The Morgan fingerprint density at radius 2 is 1.08 bits per heavy atom. The number of aryl methyl sites for hydroxylation is 2. The van der Waals surface area contributed by atoms with Crippen molar-refractivity contribution in [2.75, 3.05) is 0 Å². The van der Waals surface area contributed by atoms with Crippen molar-refractivity contribution < 1.29 is 44.2 Å². The molecule has 0 aliphatic heterocycles. The number of carboxylic acid groups (broad SMARTS) is 2. The molecule has 264 valence electrons. The molecule has 0 saturated heterocycles. The standard InChI is InChI=1S/C40H50O9/c1-39-13-11-29-27(31(39)7-9-33(39)41)5-3-21-15-25(48-37(43)44)17-23(35(21)29)19-47-20-24-18-26(49-38(45)46)16-22-4-6-28-30(36(22)24)12-14-40(2)32(28)8-10-34(40)42/h15-18,27-34,41-42H,3-14,19-20H2,1-2H3,(H,43,44)(H,45,46)/t27-,28-,29+,30+,31+,32+,33-,34-,39+,40+/m1/s1. The predicted octanol–water partition coefficient (Wildman–Crippen LogP) is 7.95. The first kappa shape index (κ1) is 33.0. The van der Waals surface area contributed by atoms with Gasteiger partial charge in [0, 0.05) is 0 Å². The van der Waals surface area contributed by atoms with Crippen molar-refractivity contribution in [1.29, 1.82) is 0 Å². The monoisotopic (exact) mass is 674 g/mol. The number of aliphatic hydroxyl groups is 2. The number of aliphatic hydroxyl groups excluding tert-OH is 2. The molecule has 0 spiro atoms. The molecule has 8 rings (SSSR count). The van der Waals surface area contributed by atoms with Gasteiger partial charge in [0.2, 0.25) is 0 Å². The molecule has 6 aliphatic carbocycles. The molecule has 9 heteroatoms. The third kappa shape index (κ3) is 5.46. The van der Waals surface area contributed by atoms with Gasteiger partial charge in [0.1, 0.15) is 11.5 Å². The molecule has 0 radical (unpaired) electrons. The summed E-state index contributed by atoms with van der Waals surface area (Å²) in [5, 5.41) is 40.8. The fraction of sp³-hybridized carbons (Fsp3) is 0.650. The molecule has 4 fully saturated rings. The Balaban J connectivity index is 1.10. The lowest BCUT2D eigenvalue weighted by Gasteiger charge is -2.50. The smallest absolute Gasteiger partial charge is 0.449 e. The summed E-state index contributed by atoms with van der Waals surface area (Å²) in [7, 11) is 0. The summed E-state index contributed by atoms with van der Waals surface area (Å²) in [6.07, 6.45) is 8.21. The normalized spacial score (nSPS) is 37.1. The minimum Gasteiger partial charge on any atom is -0.449 e. The van der Waals surface area contributed by atoms with Gasteiger partial charge in [0.15, 0.2) is 0 Å². The van der Waals surface area contributed by atoms with Crippen LogP contribution in [0.15, 0.2) is 24.3 Å². The van der Waals surface area contributed by atoms with E-state index in [-0.39, 0.29) is 36.3 Å². The Hall–Kier alpha value is -3.14. The highest BCUT2D eigenvalue weighted by Crippen LogP contribution is 2.63. The topological polar surface area (TPSA) is 143 Å². The molecule has 0 unspecified atom stereocenters. The van der Waals surface area contributed by atoms with Gasteiger partial charge in [-0.05, 0) is 181 Å². The van der Waals surface area contributed by atoms with E-state index in [9.17, 15) is 30.0 Å². The average Bonchev–Trinajstić information content (AvgIpc) is 3.53. The van der Waals surface area contributed by atoms with E-state index in [4.69, 9.17) is 14.2 Å². The summed E-state index contributed by atoms with van der Waals surface area (Å²) in [6, 6.07) is 7.44. The Bertz CT molecular complexity index is 1530. The van der Waals surface area contributed by atoms with Crippen LogP contribution >= 0.6 is 0 Å². The maximum atomic E-state index is 11.6. The minimum atomic E-state index is -1.34. The summed E-state index contributed by atoms with van der Waals surface area (Å²) in [5.41, 5.74) is 6.57. The third-order valence-electron chi connectivity index (χ3n) is 14.6. The number of ether oxygens (including phenoxy) is 3. The maximum absolute atomic E-state index is 11.6. The van der Waals surface area contributed by atoms with Crippen molar-refractivity contribution in [3.8, 4) is 11.5 Å². The van der Waals surface area contributed by atoms with Gasteiger partial charge < -0.3 is 34.6 Å². The van der Waals surface area contributed by atoms with E-state index >= 15 is 0 Å². The van der Waals surface area contributed by atoms with Gasteiger partial charge in [-0.2, -0.15) is 0 Å². The minimum absolute atomic E-state index is 0.0468. The van der Waals surface area contributed by atoms with Crippen molar-refractivity contribution in [2.24, 2.45) is 34.5 Å². The SMILES string of the molecule is C[C@]12CC[C@@H]3c4c(cc(OC(=O)O)cc4COCc4cc(OC(=O)O)cc5c4[C@H]4CC[C@]6(C)[C@H](O)CC[C@H]6[C@@H]4CC5)CC[C@H]3[C@@H]1CC[C@H]2O. The van der Waals surface area contributed by atoms with E-state index in [1.807, 2.05) is 24.3 Å². The van der Waals surface area contributed by atoms with E-state index in [2.05, 4.69) is 13.8 Å². The number of benzene rings is 2. The highest BCUT2D eigenvalue weighted by Gasteiger charge is 2.56. The van der Waals surface area contributed by atoms with Gasteiger partial charge in [-0.15, -0.1) is 0 Å². The van der Waals surface area contributed by atoms with Gasteiger partial charge in [-0.3, -0.25) is 0 Å². The molecule has 4 N–H and O–H groups in total. The first-order chi connectivity index (χ1) is 23.5. The lowest BCUT2D eigenvalue weighted by atomic mass is 9.55. The maximum Gasteiger partial charge on any atom is 0.511 e. The van der Waals surface area contributed by atoms with Crippen molar-refractivity contribution >= 4 is 12.3 Å². The van der Waals surface area contributed by atoms with Crippen LogP contribution in [0.4, 0.5) is 9.59 Å². The van der Waals surface area contributed by atoms with Crippen molar-refractivity contribution in [1.82, 2.24) is 0 Å². The van der Waals surface area contributed by atoms with Crippen LogP contribution in [0.1, 0.15) is 123 Å². The Morgan fingerprint density at radius 3 is 1.49 bits per heavy atom. The zero-order valence-electron chi connectivity index (χ0n) is 28.7. The Labute approximate surface area is 288 Å². The second-order valence-electron chi connectivity index (χ2n) is 16.6. The second-order valence-corrected chi connectivity index (χ2v) is 16.6. The molecule has 0 aromatic heterocycles. The number of hydrogen-bond donors (Lipinski definition) is 4. The number of carbonyl (C=O) groups is 2. The van der Waals surface area contributed by atoms with Crippen LogP contribution in [0.3, 0.4) is 0 Å². The average molecular weight is 675 g/mol. The molecule has 4 saturated carbocycles. The molecule has 0 heterocycles. The summed E-state index contributed by atoms with van der Waals surface area (Å²) in [5.74, 6) is 3.12. The first-order valence-corrected chi connectivity index (χ1v) is 18.5. The van der Waals surface area contributed by atoms with Crippen LogP contribution in [0.25, 0.3) is 0 Å². The molecular weight excluding hydrogens is 624 g/mol. The van der Waals surface area contributed by atoms with E-state index in [1.54, 1.807) is 0 Å². The quantitative estimate of drug-likeness (QED) is 0.177. The van der Waals surface area contributed by atoms with Crippen LogP contribution in [-0.2, 0) is 30.8 Å². The van der Waals surface area contributed by atoms with Crippen molar-refractivity contribution in [3.05, 3.63) is 57.6 Å². The molecule has 0 bridgehead atoms. The summed E-state index contributed by atoms with van der Waals surface area (Å²) in [4.78, 5) is 23.2. The summed E-state index contributed by atoms with van der Waals surface area (Å²) < 4.78 is 17.0. The molecular formula is C40H50O9. The van der Waals surface area contributed by atoms with Gasteiger partial charge in [0.05, 0.1) is 25.4 Å². The number of rotatable bonds is 6. The van der Waals surface area contributed by atoms with Crippen LogP contribution < -0.4 is 9.47 Å². The van der Waals surface area contributed by atoms with E-state index in [1.165, 1.54) is 11.1 Å². The van der Waals surface area contributed by atoms with Crippen LogP contribution in [-0.4, -0.2) is 44.9 Å². The lowest BCUT2D eigenvalue weighted by molar-refractivity contribution is -0.0233. The molecule has 2 aromatic rings. The predicted molar refractivity (Wildman–Crippen MR) is 180 cm³/mol. The lowest BCUT2D eigenvalue weighted by Crippen LogP contribution is -2.44. The molecule has 6 aliphatic rings. The molecule has 10 atom stereocenters. The third-order valence-corrected chi connectivity index (χ3v) is 14.6. The molecule has 9 nitrogen and oxygen atoms in total.